The Labute approximate surface area is 188 Å². The number of hydrogen-bond acceptors (Lipinski definition) is 7. The third-order valence-corrected chi connectivity index (χ3v) is 5.81. The van der Waals surface area contributed by atoms with Crippen molar-refractivity contribution < 1.29 is 9.47 Å². The molecule has 1 aliphatic heterocycles. The van der Waals surface area contributed by atoms with Gasteiger partial charge in [0, 0.05) is 38.8 Å². The Bertz CT molecular complexity index is 1140. The summed E-state index contributed by atoms with van der Waals surface area (Å²) in [6, 6.07) is 13.9. The van der Waals surface area contributed by atoms with Gasteiger partial charge in [0.2, 0.25) is 0 Å². The van der Waals surface area contributed by atoms with E-state index in [4.69, 9.17) is 15.2 Å². The first-order valence-corrected chi connectivity index (χ1v) is 10.7. The maximum absolute atomic E-state index is 9.70. The van der Waals surface area contributed by atoms with Crippen molar-refractivity contribution in [1.29, 1.82) is 5.26 Å². The van der Waals surface area contributed by atoms with Crippen LogP contribution in [0.2, 0.25) is 0 Å². The standard InChI is InChI=1S/C25H27N5O2/c1-17-20(15-26)6-10-29-25(17)30(2)24-14-19(5-9-28-24)18-3-4-23(21(13-18)16-27)32-22-7-11-31-12-8-22/h3-6,9-10,13-14,22H,7-8,11-12,15,26H2,1-2H3. The Morgan fingerprint density at radius 2 is 1.88 bits per heavy atom. The van der Waals surface area contributed by atoms with Crippen molar-refractivity contribution >= 4 is 11.6 Å². The summed E-state index contributed by atoms with van der Waals surface area (Å²) in [5.41, 5.74) is 10.4. The minimum Gasteiger partial charge on any atom is -0.489 e. The van der Waals surface area contributed by atoms with Crippen molar-refractivity contribution in [1.82, 2.24) is 9.97 Å². The minimum atomic E-state index is 0.0860. The molecule has 1 aliphatic rings. The smallest absolute Gasteiger partial charge is 0.137 e. The maximum Gasteiger partial charge on any atom is 0.137 e. The van der Waals surface area contributed by atoms with Crippen LogP contribution in [0.1, 0.15) is 29.5 Å². The van der Waals surface area contributed by atoms with Gasteiger partial charge in [-0.1, -0.05) is 6.07 Å². The molecule has 0 bridgehead atoms. The summed E-state index contributed by atoms with van der Waals surface area (Å²) in [5, 5.41) is 9.70. The summed E-state index contributed by atoms with van der Waals surface area (Å²) in [6.07, 6.45) is 5.29. The van der Waals surface area contributed by atoms with Crippen LogP contribution < -0.4 is 15.4 Å². The van der Waals surface area contributed by atoms with E-state index in [1.807, 2.05) is 55.3 Å². The van der Waals surface area contributed by atoms with Crippen LogP contribution in [0.25, 0.3) is 11.1 Å². The van der Waals surface area contributed by atoms with E-state index in [0.29, 0.717) is 31.1 Å². The molecular weight excluding hydrogens is 402 g/mol. The number of ether oxygens (including phenoxy) is 2. The molecule has 1 fully saturated rings. The summed E-state index contributed by atoms with van der Waals surface area (Å²) < 4.78 is 11.5. The van der Waals surface area contributed by atoms with E-state index in [1.54, 1.807) is 12.4 Å². The Hall–Kier alpha value is -3.47. The number of nitriles is 1. The van der Waals surface area contributed by atoms with Gasteiger partial charge in [-0.25, -0.2) is 9.97 Å². The fraction of sp³-hybridized carbons (Fsp3) is 0.320. The second-order valence-corrected chi connectivity index (χ2v) is 7.84. The molecule has 164 valence electrons. The van der Waals surface area contributed by atoms with Gasteiger partial charge in [0.1, 0.15) is 29.6 Å². The minimum absolute atomic E-state index is 0.0860. The number of benzene rings is 1. The number of aromatic nitrogens is 2. The molecule has 32 heavy (non-hydrogen) atoms. The normalized spacial score (nSPS) is 14.1. The van der Waals surface area contributed by atoms with Gasteiger partial charge in [-0.15, -0.1) is 0 Å². The Morgan fingerprint density at radius 1 is 1.12 bits per heavy atom. The fourth-order valence-corrected chi connectivity index (χ4v) is 3.89. The van der Waals surface area contributed by atoms with Crippen LogP contribution in [-0.2, 0) is 11.3 Å². The molecule has 0 radical (unpaired) electrons. The van der Waals surface area contributed by atoms with Gasteiger partial charge < -0.3 is 20.1 Å². The zero-order chi connectivity index (χ0) is 22.5. The average Bonchev–Trinajstić information content (AvgIpc) is 2.84. The largest absolute Gasteiger partial charge is 0.489 e. The Morgan fingerprint density at radius 3 is 2.62 bits per heavy atom. The van der Waals surface area contributed by atoms with Crippen LogP contribution in [0, 0.1) is 18.3 Å². The highest BCUT2D eigenvalue weighted by Crippen LogP contribution is 2.31. The molecule has 1 saturated heterocycles. The average molecular weight is 430 g/mol. The van der Waals surface area contributed by atoms with Crippen molar-refractivity contribution in [3.63, 3.8) is 0 Å². The first kappa shape index (κ1) is 21.8. The number of rotatable bonds is 6. The van der Waals surface area contributed by atoms with Crippen molar-refractivity contribution in [2.75, 3.05) is 25.2 Å². The van der Waals surface area contributed by atoms with Crippen molar-refractivity contribution in [2.24, 2.45) is 5.73 Å². The van der Waals surface area contributed by atoms with E-state index < -0.39 is 0 Å². The van der Waals surface area contributed by atoms with Gasteiger partial charge in [0.15, 0.2) is 0 Å². The zero-order valence-electron chi connectivity index (χ0n) is 18.4. The molecule has 7 heteroatoms. The maximum atomic E-state index is 9.70. The molecule has 0 aliphatic carbocycles. The fourth-order valence-electron chi connectivity index (χ4n) is 3.89. The SMILES string of the molecule is Cc1c(CN)ccnc1N(C)c1cc(-c2ccc(OC3CCOCC3)c(C#N)c2)ccn1. The van der Waals surface area contributed by atoms with Crippen LogP contribution in [0.4, 0.5) is 11.6 Å². The highest BCUT2D eigenvalue weighted by Gasteiger charge is 2.18. The van der Waals surface area contributed by atoms with Crippen LogP contribution >= 0.6 is 0 Å². The molecule has 7 nitrogen and oxygen atoms in total. The van der Waals surface area contributed by atoms with Gasteiger partial charge in [-0.2, -0.15) is 5.26 Å². The van der Waals surface area contributed by atoms with Crippen molar-refractivity contribution in [2.45, 2.75) is 32.4 Å². The summed E-state index contributed by atoms with van der Waals surface area (Å²) in [6.45, 7) is 3.87. The second-order valence-electron chi connectivity index (χ2n) is 7.84. The molecule has 4 rings (SSSR count). The molecule has 2 N–H and O–H groups in total. The lowest BCUT2D eigenvalue weighted by Crippen LogP contribution is -2.26. The Kier molecular flexibility index (Phi) is 6.64. The summed E-state index contributed by atoms with van der Waals surface area (Å²) in [7, 11) is 1.94. The van der Waals surface area contributed by atoms with E-state index in [9.17, 15) is 5.26 Å². The zero-order valence-corrected chi connectivity index (χ0v) is 18.4. The lowest BCUT2D eigenvalue weighted by molar-refractivity contribution is 0.0254. The van der Waals surface area contributed by atoms with Crippen LogP contribution in [-0.4, -0.2) is 36.3 Å². The van der Waals surface area contributed by atoms with Gasteiger partial charge in [-0.05, 0) is 59.5 Å². The lowest BCUT2D eigenvalue weighted by atomic mass is 10.0. The predicted octanol–water partition coefficient (Wildman–Crippen LogP) is 4.11. The summed E-state index contributed by atoms with van der Waals surface area (Å²) in [4.78, 5) is 11.0. The summed E-state index contributed by atoms with van der Waals surface area (Å²) in [5.74, 6) is 2.19. The summed E-state index contributed by atoms with van der Waals surface area (Å²) >= 11 is 0. The number of nitrogens with two attached hydrogens (primary N) is 1. The van der Waals surface area contributed by atoms with Crippen LogP contribution in [0.3, 0.4) is 0 Å². The van der Waals surface area contributed by atoms with Crippen LogP contribution in [0.5, 0.6) is 5.75 Å². The van der Waals surface area contributed by atoms with E-state index in [-0.39, 0.29) is 6.10 Å². The van der Waals surface area contributed by atoms with Gasteiger partial charge in [0.25, 0.3) is 0 Å². The number of hydrogen-bond donors (Lipinski definition) is 1. The molecule has 0 spiro atoms. The monoisotopic (exact) mass is 429 g/mol. The van der Waals surface area contributed by atoms with E-state index in [1.165, 1.54) is 0 Å². The first-order chi connectivity index (χ1) is 15.6. The number of pyridine rings is 2. The lowest BCUT2D eigenvalue weighted by Gasteiger charge is -2.24. The second kappa shape index (κ2) is 9.77. The van der Waals surface area contributed by atoms with Gasteiger partial charge >= 0.3 is 0 Å². The third kappa shape index (κ3) is 4.57. The molecular formula is C25H27N5O2. The van der Waals surface area contributed by atoms with Crippen molar-refractivity contribution in [3.05, 3.63) is 65.5 Å². The highest BCUT2D eigenvalue weighted by atomic mass is 16.5. The highest BCUT2D eigenvalue weighted by molar-refractivity contribution is 5.71. The van der Waals surface area contributed by atoms with E-state index in [0.717, 1.165) is 46.7 Å². The number of anilines is 2. The molecule has 0 atom stereocenters. The molecule has 0 saturated carbocycles. The molecule has 3 heterocycles. The topological polar surface area (TPSA) is 97.3 Å². The predicted molar refractivity (Wildman–Crippen MR) is 124 cm³/mol. The number of nitrogens with zero attached hydrogens (tertiary/aromatic N) is 4. The molecule has 0 amide bonds. The molecule has 0 unspecified atom stereocenters. The molecule has 3 aromatic rings. The van der Waals surface area contributed by atoms with Gasteiger partial charge in [-0.3, -0.25) is 0 Å². The quantitative estimate of drug-likeness (QED) is 0.630. The first-order valence-electron chi connectivity index (χ1n) is 10.7. The van der Waals surface area contributed by atoms with Gasteiger partial charge in [0.05, 0.1) is 18.8 Å². The molecule has 1 aromatic carbocycles. The Balaban J connectivity index is 1.61. The van der Waals surface area contributed by atoms with E-state index in [2.05, 4.69) is 16.0 Å². The van der Waals surface area contributed by atoms with Crippen molar-refractivity contribution in [3.8, 4) is 22.9 Å². The van der Waals surface area contributed by atoms with Crippen LogP contribution in [0.15, 0.2) is 48.8 Å². The third-order valence-electron chi connectivity index (χ3n) is 5.81. The molecule has 2 aromatic heterocycles. The van der Waals surface area contributed by atoms with E-state index >= 15 is 0 Å².